The van der Waals surface area contributed by atoms with Crippen LogP contribution in [0.2, 0.25) is 5.02 Å². The van der Waals surface area contributed by atoms with Crippen LogP contribution in [-0.2, 0) is 4.79 Å². The molecule has 1 saturated heterocycles. The highest BCUT2D eigenvalue weighted by atomic mass is 35.5. The molecule has 5 heteroatoms. The van der Waals surface area contributed by atoms with E-state index < -0.39 is 0 Å². The zero-order chi connectivity index (χ0) is 13.1. The quantitative estimate of drug-likeness (QED) is 0.875. The van der Waals surface area contributed by atoms with Crippen LogP contribution in [0.25, 0.3) is 0 Å². The molecule has 1 N–H and O–H groups in total. The summed E-state index contributed by atoms with van der Waals surface area (Å²) in [5.41, 5.74) is 0.861. The SMILES string of the molecule is CN1CCNC(C(=O)N(C)c2ccc(Cl)cc2)C1. The summed E-state index contributed by atoms with van der Waals surface area (Å²) in [6.07, 6.45) is 0. The van der Waals surface area contributed by atoms with E-state index in [0.717, 1.165) is 25.3 Å². The number of hydrogen-bond donors (Lipinski definition) is 1. The number of amides is 1. The van der Waals surface area contributed by atoms with Gasteiger partial charge in [-0.3, -0.25) is 4.79 Å². The lowest BCUT2D eigenvalue weighted by atomic mass is 10.2. The van der Waals surface area contributed by atoms with Crippen LogP contribution in [0.1, 0.15) is 0 Å². The van der Waals surface area contributed by atoms with Gasteiger partial charge in [-0.25, -0.2) is 0 Å². The van der Waals surface area contributed by atoms with Crippen molar-refractivity contribution >= 4 is 23.2 Å². The van der Waals surface area contributed by atoms with E-state index in [4.69, 9.17) is 11.6 Å². The van der Waals surface area contributed by atoms with Crippen LogP contribution in [0.15, 0.2) is 24.3 Å². The molecule has 0 radical (unpaired) electrons. The molecule has 18 heavy (non-hydrogen) atoms. The van der Waals surface area contributed by atoms with Gasteiger partial charge in [-0.1, -0.05) is 11.6 Å². The zero-order valence-corrected chi connectivity index (χ0v) is 11.4. The summed E-state index contributed by atoms with van der Waals surface area (Å²) in [6, 6.07) is 7.16. The summed E-state index contributed by atoms with van der Waals surface area (Å²) in [5.74, 6) is 0.0869. The molecule has 1 aliphatic rings. The lowest BCUT2D eigenvalue weighted by Gasteiger charge is -2.32. The van der Waals surface area contributed by atoms with Crippen molar-refractivity contribution in [1.29, 1.82) is 0 Å². The minimum Gasteiger partial charge on any atom is -0.314 e. The molecule has 1 unspecified atom stereocenters. The summed E-state index contributed by atoms with van der Waals surface area (Å²) in [6.45, 7) is 2.58. The van der Waals surface area contributed by atoms with Gasteiger partial charge in [-0.2, -0.15) is 0 Å². The fourth-order valence-corrected chi connectivity index (χ4v) is 2.21. The van der Waals surface area contributed by atoms with E-state index in [0.29, 0.717) is 5.02 Å². The van der Waals surface area contributed by atoms with Gasteiger partial charge in [-0.05, 0) is 31.3 Å². The van der Waals surface area contributed by atoms with E-state index in [1.807, 2.05) is 19.2 Å². The number of likely N-dealkylation sites (N-methyl/N-ethyl adjacent to an activating group) is 2. The third-order valence-electron chi connectivity index (χ3n) is 3.22. The van der Waals surface area contributed by atoms with Crippen LogP contribution < -0.4 is 10.2 Å². The lowest BCUT2D eigenvalue weighted by molar-refractivity contribution is -0.121. The Bertz CT molecular complexity index is 421. The van der Waals surface area contributed by atoms with Gasteiger partial charge in [0.25, 0.3) is 0 Å². The second-order valence-corrected chi connectivity index (χ2v) is 5.08. The Morgan fingerprint density at radius 2 is 2.11 bits per heavy atom. The number of rotatable bonds is 2. The van der Waals surface area contributed by atoms with Gasteiger partial charge in [0.15, 0.2) is 0 Å². The summed E-state index contributed by atoms with van der Waals surface area (Å²) >= 11 is 5.84. The van der Waals surface area contributed by atoms with Crippen molar-refractivity contribution in [1.82, 2.24) is 10.2 Å². The first-order valence-corrected chi connectivity index (χ1v) is 6.41. The molecule has 2 rings (SSSR count). The predicted octanol–water partition coefficient (Wildman–Crippen LogP) is 1.21. The molecule has 1 fully saturated rings. The fraction of sp³-hybridized carbons (Fsp3) is 0.462. The van der Waals surface area contributed by atoms with E-state index >= 15 is 0 Å². The monoisotopic (exact) mass is 267 g/mol. The molecule has 1 heterocycles. The van der Waals surface area contributed by atoms with Gasteiger partial charge in [0.2, 0.25) is 5.91 Å². The topological polar surface area (TPSA) is 35.6 Å². The molecule has 1 amide bonds. The van der Waals surface area contributed by atoms with Crippen molar-refractivity contribution in [3.63, 3.8) is 0 Å². The van der Waals surface area contributed by atoms with Gasteiger partial charge in [0.05, 0.1) is 0 Å². The van der Waals surface area contributed by atoms with Crippen LogP contribution in [0.4, 0.5) is 5.69 Å². The number of carbonyl (C=O) groups is 1. The molecule has 0 spiro atoms. The molecule has 1 aromatic carbocycles. The molecule has 1 atom stereocenters. The van der Waals surface area contributed by atoms with Crippen LogP contribution in [0, 0.1) is 0 Å². The summed E-state index contributed by atoms with van der Waals surface area (Å²) in [5, 5.41) is 3.93. The predicted molar refractivity (Wildman–Crippen MR) is 74.1 cm³/mol. The number of hydrogen-bond acceptors (Lipinski definition) is 3. The van der Waals surface area contributed by atoms with E-state index in [9.17, 15) is 4.79 Å². The Morgan fingerprint density at radius 1 is 1.44 bits per heavy atom. The Morgan fingerprint density at radius 3 is 2.72 bits per heavy atom. The maximum Gasteiger partial charge on any atom is 0.245 e. The molecule has 98 valence electrons. The molecule has 0 saturated carbocycles. The highest BCUT2D eigenvalue weighted by Crippen LogP contribution is 2.17. The van der Waals surface area contributed by atoms with E-state index in [1.54, 1.807) is 24.1 Å². The zero-order valence-electron chi connectivity index (χ0n) is 10.7. The van der Waals surface area contributed by atoms with Crippen molar-refractivity contribution in [3.8, 4) is 0 Å². The smallest absolute Gasteiger partial charge is 0.245 e. The first kappa shape index (κ1) is 13.3. The largest absolute Gasteiger partial charge is 0.314 e. The Hall–Kier alpha value is -1.10. The number of nitrogens with zero attached hydrogens (tertiary/aromatic N) is 2. The van der Waals surface area contributed by atoms with E-state index in [-0.39, 0.29) is 11.9 Å². The molecular formula is C13H18ClN3O. The van der Waals surface area contributed by atoms with Crippen LogP contribution >= 0.6 is 11.6 Å². The van der Waals surface area contributed by atoms with E-state index in [1.165, 1.54) is 0 Å². The standard InChI is InChI=1S/C13H18ClN3O/c1-16-8-7-15-12(9-16)13(18)17(2)11-5-3-10(14)4-6-11/h3-6,12,15H,7-9H2,1-2H3. The molecule has 1 aliphatic heterocycles. The molecular weight excluding hydrogens is 250 g/mol. The highest BCUT2D eigenvalue weighted by molar-refractivity contribution is 6.30. The first-order valence-electron chi connectivity index (χ1n) is 6.03. The summed E-state index contributed by atoms with van der Waals surface area (Å²) in [4.78, 5) is 16.2. The van der Waals surface area contributed by atoms with Crippen molar-refractivity contribution in [3.05, 3.63) is 29.3 Å². The van der Waals surface area contributed by atoms with Crippen LogP contribution in [0.3, 0.4) is 0 Å². The van der Waals surface area contributed by atoms with Gasteiger partial charge in [-0.15, -0.1) is 0 Å². The number of carbonyl (C=O) groups excluding carboxylic acids is 1. The molecule has 0 aromatic heterocycles. The number of nitrogens with one attached hydrogen (secondary N) is 1. The van der Waals surface area contributed by atoms with Gasteiger partial charge in [0, 0.05) is 37.4 Å². The first-order chi connectivity index (χ1) is 8.58. The number of benzene rings is 1. The van der Waals surface area contributed by atoms with Crippen molar-refractivity contribution < 1.29 is 4.79 Å². The molecule has 4 nitrogen and oxygen atoms in total. The number of anilines is 1. The molecule has 0 aliphatic carbocycles. The highest BCUT2D eigenvalue weighted by Gasteiger charge is 2.26. The Kier molecular flexibility index (Phi) is 4.22. The van der Waals surface area contributed by atoms with Crippen LogP contribution in [-0.4, -0.2) is 50.6 Å². The average molecular weight is 268 g/mol. The Balaban J connectivity index is 2.06. The number of halogens is 1. The van der Waals surface area contributed by atoms with Crippen molar-refractivity contribution in [2.24, 2.45) is 0 Å². The molecule has 1 aromatic rings. The second kappa shape index (κ2) is 5.69. The van der Waals surface area contributed by atoms with Crippen molar-refractivity contribution in [2.75, 3.05) is 38.6 Å². The minimum atomic E-state index is -0.135. The maximum atomic E-state index is 12.3. The normalized spacial score (nSPS) is 20.7. The summed E-state index contributed by atoms with van der Waals surface area (Å²) < 4.78 is 0. The third-order valence-corrected chi connectivity index (χ3v) is 3.47. The molecule has 0 bridgehead atoms. The minimum absolute atomic E-state index is 0.0869. The van der Waals surface area contributed by atoms with Crippen LogP contribution in [0.5, 0.6) is 0 Å². The fourth-order valence-electron chi connectivity index (χ4n) is 2.09. The van der Waals surface area contributed by atoms with Crippen molar-refractivity contribution in [2.45, 2.75) is 6.04 Å². The lowest BCUT2D eigenvalue weighted by Crippen LogP contribution is -2.56. The second-order valence-electron chi connectivity index (χ2n) is 4.64. The van der Waals surface area contributed by atoms with Gasteiger partial charge < -0.3 is 15.1 Å². The van der Waals surface area contributed by atoms with E-state index in [2.05, 4.69) is 10.2 Å². The third kappa shape index (κ3) is 3.02. The maximum absolute atomic E-state index is 12.3. The van der Waals surface area contributed by atoms with Gasteiger partial charge >= 0.3 is 0 Å². The average Bonchev–Trinajstić information content (AvgIpc) is 2.38. The Labute approximate surface area is 113 Å². The number of piperazine rings is 1. The summed E-state index contributed by atoms with van der Waals surface area (Å²) in [7, 11) is 3.82. The van der Waals surface area contributed by atoms with Gasteiger partial charge in [0.1, 0.15) is 6.04 Å².